The molecule has 2 aromatic carbocycles. The summed E-state index contributed by atoms with van der Waals surface area (Å²) in [5.41, 5.74) is 1.47. The summed E-state index contributed by atoms with van der Waals surface area (Å²) in [7, 11) is 0. The Balaban J connectivity index is 2.14. The van der Waals surface area contributed by atoms with Gasteiger partial charge in [-0.05, 0) is 57.2 Å². The minimum Gasteiger partial charge on any atom is -0.349 e. The molecule has 0 aliphatic carbocycles. The fourth-order valence-electron chi connectivity index (χ4n) is 1.83. The zero-order valence-corrected chi connectivity index (χ0v) is 12.1. The van der Waals surface area contributed by atoms with Crippen LogP contribution in [0, 0.1) is 13.7 Å². The van der Waals surface area contributed by atoms with Crippen molar-refractivity contribution >= 4 is 50.7 Å². The molecular weight excluding hydrogens is 375 g/mol. The fourth-order valence-corrected chi connectivity index (χ4v) is 2.35. The second kappa shape index (κ2) is 5.04. The molecule has 0 radical (unpaired) electrons. The molecule has 0 fully saturated rings. The van der Waals surface area contributed by atoms with E-state index in [1.165, 1.54) is 0 Å². The van der Waals surface area contributed by atoms with Crippen molar-refractivity contribution in [1.82, 2.24) is 10.3 Å². The molecule has 0 amide bonds. The first kappa shape index (κ1) is 12.8. The van der Waals surface area contributed by atoms with Gasteiger partial charge in [0.25, 0.3) is 0 Å². The van der Waals surface area contributed by atoms with Crippen LogP contribution in [0.1, 0.15) is 0 Å². The van der Waals surface area contributed by atoms with Crippen molar-refractivity contribution in [2.24, 2.45) is 0 Å². The zero-order valence-electron chi connectivity index (χ0n) is 9.91. The molecule has 0 spiro atoms. The molecule has 3 aromatic rings. The number of aromatic nitrogens is 2. The third kappa shape index (κ3) is 2.18. The van der Waals surface area contributed by atoms with Gasteiger partial charge in [-0.1, -0.05) is 12.1 Å². The van der Waals surface area contributed by atoms with Gasteiger partial charge in [0.05, 0.1) is 10.6 Å². The third-order valence-corrected chi connectivity index (χ3v) is 3.67. The Labute approximate surface area is 126 Å². The minimum absolute atomic E-state index is 0.130. The van der Waals surface area contributed by atoms with Crippen molar-refractivity contribution in [3.05, 3.63) is 50.1 Å². The summed E-state index contributed by atoms with van der Waals surface area (Å²) in [6, 6.07) is 10.7. The van der Waals surface area contributed by atoms with E-state index in [1.54, 1.807) is 12.1 Å². The number of hydrogen-bond acceptors (Lipinski definition) is 6. The molecule has 7 nitrogen and oxygen atoms in total. The molecule has 1 aromatic heterocycles. The molecule has 0 saturated carbocycles. The van der Waals surface area contributed by atoms with Gasteiger partial charge < -0.3 is 5.32 Å². The molecule has 0 bridgehead atoms. The average molecular weight is 382 g/mol. The maximum atomic E-state index is 11.3. The third-order valence-electron chi connectivity index (χ3n) is 2.73. The van der Waals surface area contributed by atoms with E-state index >= 15 is 0 Å². The molecule has 1 N–H and O–H groups in total. The highest BCUT2D eigenvalue weighted by Crippen LogP contribution is 2.34. The van der Waals surface area contributed by atoms with Crippen LogP contribution in [-0.4, -0.2) is 15.2 Å². The standard InChI is InChI=1S/C12H7IN4O3/c13-7-3-1-2-4-8(7)14-10-6-5-9-11(16-20-15-9)12(10)17(18)19/h1-6,14H. The Kier molecular flexibility index (Phi) is 3.22. The van der Waals surface area contributed by atoms with Crippen LogP contribution in [0.3, 0.4) is 0 Å². The zero-order chi connectivity index (χ0) is 14.1. The summed E-state index contributed by atoms with van der Waals surface area (Å²) in [6.07, 6.45) is 0. The van der Waals surface area contributed by atoms with Crippen LogP contribution < -0.4 is 5.32 Å². The summed E-state index contributed by atoms with van der Waals surface area (Å²) in [5, 5.41) is 21.5. The number of halogens is 1. The summed E-state index contributed by atoms with van der Waals surface area (Å²) in [4.78, 5) is 10.8. The molecule has 20 heavy (non-hydrogen) atoms. The number of nitro benzene ring substituents is 1. The average Bonchev–Trinajstić information content (AvgIpc) is 2.88. The molecular formula is C12H7IN4O3. The molecule has 0 atom stereocenters. The van der Waals surface area contributed by atoms with E-state index in [0.29, 0.717) is 11.2 Å². The van der Waals surface area contributed by atoms with Gasteiger partial charge in [-0.2, -0.15) is 0 Å². The van der Waals surface area contributed by atoms with Crippen molar-refractivity contribution in [2.45, 2.75) is 0 Å². The van der Waals surface area contributed by atoms with Crippen molar-refractivity contribution in [3.63, 3.8) is 0 Å². The highest BCUT2D eigenvalue weighted by atomic mass is 127. The quantitative estimate of drug-likeness (QED) is 0.424. The predicted octanol–water partition coefficient (Wildman–Crippen LogP) is 3.48. The van der Waals surface area contributed by atoms with Gasteiger partial charge in [-0.15, -0.1) is 0 Å². The van der Waals surface area contributed by atoms with Gasteiger partial charge in [0.15, 0.2) is 0 Å². The van der Waals surface area contributed by atoms with Crippen molar-refractivity contribution in [3.8, 4) is 0 Å². The van der Waals surface area contributed by atoms with Gasteiger partial charge in [0.1, 0.15) is 11.2 Å². The molecule has 100 valence electrons. The Morgan fingerprint density at radius 1 is 1.15 bits per heavy atom. The molecule has 0 unspecified atom stereocenters. The smallest absolute Gasteiger partial charge is 0.323 e. The number of nitrogens with one attached hydrogen (secondary N) is 1. The normalized spacial score (nSPS) is 10.7. The van der Waals surface area contributed by atoms with Gasteiger partial charge in [0.2, 0.25) is 5.52 Å². The van der Waals surface area contributed by atoms with Gasteiger partial charge in [-0.25, -0.2) is 4.63 Å². The van der Waals surface area contributed by atoms with Gasteiger partial charge in [-0.3, -0.25) is 10.1 Å². The first-order valence-corrected chi connectivity index (χ1v) is 6.66. The SMILES string of the molecule is O=[N+]([O-])c1c(Nc2ccccc2I)ccc2nonc12. The van der Waals surface area contributed by atoms with Crippen LogP contribution in [-0.2, 0) is 0 Å². The van der Waals surface area contributed by atoms with E-state index in [1.807, 2.05) is 24.3 Å². The lowest BCUT2D eigenvalue weighted by molar-refractivity contribution is -0.382. The molecule has 0 saturated heterocycles. The van der Waals surface area contributed by atoms with Crippen LogP contribution in [0.15, 0.2) is 41.0 Å². The monoisotopic (exact) mass is 382 g/mol. The fraction of sp³-hybridized carbons (Fsp3) is 0. The van der Waals surface area contributed by atoms with Crippen LogP contribution >= 0.6 is 22.6 Å². The maximum Gasteiger partial charge on any atom is 0.323 e. The number of nitro groups is 1. The van der Waals surface area contributed by atoms with Gasteiger partial charge >= 0.3 is 5.69 Å². The van der Waals surface area contributed by atoms with Crippen LogP contribution in [0.25, 0.3) is 11.0 Å². The van der Waals surface area contributed by atoms with E-state index in [-0.39, 0.29) is 11.2 Å². The van der Waals surface area contributed by atoms with Crippen LogP contribution in [0.4, 0.5) is 17.1 Å². The maximum absolute atomic E-state index is 11.3. The highest BCUT2D eigenvalue weighted by Gasteiger charge is 2.22. The number of para-hydroxylation sites is 1. The number of benzene rings is 2. The number of nitrogens with zero attached hydrogens (tertiary/aromatic N) is 3. The van der Waals surface area contributed by atoms with E-state index < -0.39 is 4.92 Å². The Morgan fingerprint density at radius 3 is 2.70 bits per heavy atom. The summed E-state index contributed by atoms with van der Waals surface area (Å²) >= 11 is 2.15. The summed E-state index contributed by atoms with van der Waals surface area (Å²) in [5.74, 6) is 0. The lowest BCUT2D eigenvalue weighted by Crippen LogP contribution is -1.99. The number of anilines is 2. The summed E-state index contributed by atoms with van der Waals surface area (Å²) in [6.45, 7) is 0. The Bertz CT molecular complexity index is 802. The lowest BCUT2D eigenvalue weighted by Gasteiger charge is -2.08. The van der Waals surface area contributed by atoms with Crippen molar-refractivity contribution in [2.75, 3.05) is 5.32 Å². The number of rotatable bonds is 3. The Hall–Kier alpha value is -2.23. The molecule has 0 aliphatic rings. The van der Waals surface area contributed by atoms with E-state index in [2.05, 4.69) is 42.9 Å². The molecule has 1 heterocycles. The van der Waals surface area contributed by atoms with Crippen molar-refractivity contribution < 1.29 is 9.55 Å². The second-order valence-electron chi connectivity index (χ2n) is 3.96. The molecule has 3 rings (SSSR count). The van der Waals surface area contributed by atoms with Crippen LogP contribution in [0.2, 0.25) is 0 Å². The second-order valence-corrected chi connectivity index (χ2v) is 5.12. The minimum atomic E-state index is -0.495. The number of hydrogen-bond donors (Lipinski definition) is 1. The van der Waals surface area contributed by atoms with E-state index in [4.69, 9.17) is 0 Å². The van der Waals surface area contributed by atoms with Crippen LogP contribution in [0.5, 0.6) is 0 Å². The lowest BCUT2D eigenvalue weighted by atomic mass is 10.2. The topological polar surface area (TPSA) is 94.1 Å². The van der Waals surface area contributed by atoms with Gasteiger partial charge in [0, 0.05) is 3.57 Å². The first-order chi connectivity index (χ1) is 9.66. The van der Waals surface area contributed by atoms with E-state index in [0.717, 1.165) is 9.26 Å². The molecule has 0 aliphatic heterocycles. The number of fused-ring (bicyclic) bond motifs is 1. The predicted molar refractivity (Wildman–Crippen MR) is 80.9 cm³/mol. The van der Waals surface area contributed by atoms with E-state index in [9.17, 15) is 10.1 Å². The Morgan fingerprint density at radius 2 is 1.95 bits per heavy atom. The summed E-state index contributed by atoms with van der Waals surface area (Å²) < 4.78 is 5.51. The highest BCUT2D eigenvalue weighted by molar-refractivity contribution is 14.1. The molecule has 8 heteroatoms. The van der Waals surface area contributed by atoms with Crippen molar-refractivity contribution in [1.29, 1.82) is 0 Å². The largest absolute Gasteiger partial charge is 0.349 e. The first-order valence-electron chi connectivity index (χ1n) is 5.58.